The van der Waals surface area contributed by atoms with Crippen LogP contribution in [0.4, 0.5) is 10.1 Å². The minimum Gasteiger partial charge on any atom is -0.311 e. The van der Waals surface area contributed by atoms with Gasteiger partial charge in [0.15, 0.2) is 0 Å². The minimum absolute atomic E-state index is 0.0450. The van der Waals surface area contributed by atoms with Gasteiger partial charge in [-0.1, -0.05) is 72.4 Å². The van der Waals surface area contributed by atoms with Gasteiger partial charge >= 0.3 is 0 Å². The summed E-state index contributed by atoms with van der Waals surface area (Å²) in [6.45, 7) is 0.211. The lowest BCUT2D eigenvalue weighted by Gasteiger charge is -2.21. The molecule has 0 fully saturated rings. The first-order valence-electron chi connectivity index (χ1n) is 10.6. The van der Waals surface area contributed by atoms with Crippen LogP contribution in [0.5, 0.6) is 0 Å². The Hall–Kier alpha value is -4.09. The van der Waals surface area contributed by atoms with Gasteiger partial charge in [0.05, 0.1) is 18.2 Å². The Morgan fingerprint density at radius 2 is 1.50 bits per heavy atom. The van der Waals surface area contributed by atoms with Crippen molar-refractivity contribution in [2.24, 2.45) is 0 Å². The van der Waals surface area contributed by atoms with Crippen LogP contribution in [-0.2, 0) is 4.79 Å². The van der Waals surface area contributed by atoms with Gasteiger partial charge in [-0.3, -0.25) is 4.79 Å². The first-order chi connectivity index (χ1) is 16.7. The van der Waals surface area contributed by atoms with E-state index in [1.807, 2.05) is 66.7 Å². The molecule has 0 atom stereocenters. The van der Waals surface area contributed by atoms with Crippen LogP contribution in [0, 0.1) is 17.1 Å². The van der Waals surface area contributed by atoms with E-state index in [9.17, 15) is 9.18 Å². The molecule has 1 aromatic heterocycles. The number of halogens is 1. The van der Waals surface area contributed by atoms with Gasteiger partial charge in [-0.15, -0.1) is 10.2 Å². The molecule has 8 heteroatoms. The fraction of sp³-hybridized carbons (Fsp3) is 0.115. The molecule has 168 valence electrons. The van der Waals surface area contributed by atoms with E-state index in [0.717, 1.165) is 11.1 Å². The Morgan fingerprint density at radius 1 is 0.882 bits per heavy atom. The largest absolute Gasteiger partial charge is 0.311 e. The molecule has 4 rings (SSSR count). The highest BCUT2D eigenvalue weighted by atomic mass is 32.2. The van der Waals surface area contributed by atoms with Gasteiger partial charge in [-0.2, -0.15) is 5.26 Å². The fourth-order valence-electron chi connectivity index (χ4n) is 3.34. The number of rotatable bonds is 8. The van der Waals surface area contributed by atoms with E-state index < -0.39 is 5.82 Å². The Balaban J connectivity index is 1.58. The van der Waals surface area contributed by atoms with Crippen molar-refractivity contribution in [2.45, 2.75) is 11.6 Å². The zero-order valence-electron chi connectivity index (χ0n) is 18.1. The standard InChI is InChI=1S/C26H20FN5OS/c27-21-12-14-22(15-13-21)32(17-7-16-28)23(33)18-34-26-29-24(19-8-3-1-4-9-19)25(30-31-26)20-10-5-2-6-11-20/h1-6,8-15H,7,17-18H2. The Morgan fingerprint density at radius 3 is 2.12 bits per heavy atom. The molecule has 0 spiro atoms. The highest BCUT2D eigenvalue weighted by molar-refractivity contribution is 7.99. The summed E-state index contributed by atoms with van der Waals surface area (Å²) in [4.78, 5) is 19.2. The molecule has 6 nitrogen and oxygen atoms in total. The van der Waals surface area contributed by atoms with Crippen molar-refractivity contribution in [1.82, 2.24) is 15.2 Å². The predicted octanol–water partition coefficient (Wildman–Crippen LogP) is 5.38. The number of anilines is 1. The lowest BCUT2D eigenvalue weighted by atomic mass is 10.0. The molecule has 0 aliphatic carbocycles. The van der Waals surface area contributed by atoms with E-state index in [1.54, 1.807) is 0 Å². The summed E-state index contributed by atoms with van der Waals surface area (Å²) in [5, 5.41) is 18.0. The van der Waals surface area contributed by atoms with Crippen LogP contribution in [0.1, 0.15) is 6.42 Å². The summed E-state index contributed by atoms with van der Waals surface area (Å²) in [5.74, 6) is -0.579. The molecule has 0 saturated carbocycles. The first-order valence-corrected chi connectivity index (χ1v) is 11.6. The van der Waals surface area contributed by atoms with Crippen LogP contribution < -0.4 is 4.90 Å². The highest BCUT2D eigenvalue weighted by Crippen LogP contribution is 2.30. The van der Waals surface area contributed by atoms with Crippen molar-refractivity contribution in [1.29, 1.82) is 5.26 Å². The molecular formula is C26H20FN5OS. The molecule has 0 aliphatic heterocycles. The van der Waals surface area contributed by atoms with Gasteiger partial charge in [0.25, 0.3) is 0 Å². The number of amides is 1. The van der Waals surface area contributed by atoms with Crippen LogP contribution in [0.2, 0.25) is 0 Å². The van der Waals surface area contributed by atoms with Crippen molar-refractivity contribution in [3.63, 3.8) is 0 Å². The van der Waals surface area contributed by atoms with Gasteiger partial charge in [0.1, 0.15) is 17.2 Å². The van der Waals surface area contributed by atoms with Gasteiger partial charge in [-0.05, 0) is 24.3 Å². The van der Waals surface area contributed by atoms with Crippen LogP contribution in [0.3, 0.4) is 0 Å². The summed E-state index contributed by atoms with van der Waals surface area (Å²) < 4.78 is 13.3. The molecule has 3 aromatic carbocycles. The number of thioether (sulfide) groups is 1. The number of nitriles is 1. The third-order valence-electron chi connectivity index (χ3n) is 4.97. The average Bonchev–Trinajstić information content (AvgIpc) is 2.89. The number of aromatic nitrogens is 3. The molecule has 0 saturated heterocycles. The molecular weight excluding hydrogens is 449 g/mol. The molecule has 0 bridgehead atoms. The SMILES string of the molecule is N#CCCN(C(=O)CSc1nnc(-c2ccccc2)c(-c2ccccc2)n1)c1ccc(F)cc1. The lowest BCUT2D eigenvalue weighted by molar-refractivity contribution is -0.116. The van der Waals surface area contributed by atoms with Crippen LogP contribution >= 0.6 is 11.8 Å². The maximum absolute atomic E-state index is 13.3. The molecule has 0 N–H and O–H groups in total. The Labute approximate surface area is 201 Å². The molecule has 34 heavy (non-hydrogen) atoms. The zero-order chi connectivity index (χ0) is 23.8. The van der Waals surface area contributed by atoms with Gasteiger partial charge in [0.2, 0.25) is 11.1 Å². The monoisotopic (exact) mass is 469 g/mol. The maximum Gasteiger partial charge on any atom is 0.237 e. The second-order valence-electron chi connectivity index (χ2n) is 7.24. The normalized spacial score (nSPS) is 10.5. The summed E-state index contributed by atoms with van der Waals surface area (Å²) >= 11 is 1.17. The smallest absolute Gasteiger partial charge is 0.237 e. The van der Waals surface area contributed by atoms with Gasteiger partial charge < -0.3 is 4.90 Å². The molecule has 4 aromatic rings. The van der Waals surface area contributed by atoms with Gasteiger partial charge in [0, 0.05) is 23.4 Å². The van der Waals surface area contributed by atoms with Crippen LogP contribution in [0.25, 0.3) is 22.5 Å². The fourth-order valence-corrected chi connectivity index (χ4v) is 4.01. The highest BCUT2D eigenvalue weighted by Gasteiger charge is 2.18. The molecule has 0 aliphatic rings. The lowest BCUT2D eigenvalue weighted by Crippen LogP contribution is -2.33. The van der Waals surface area contributed by atoms with Crippen molar-refractivity contribution in [3.8, 4) is 28.6 Å². The van der Waals surface area contributed by atoms with E-state index in [1.165, 1.54) is 40.9 Å². The van der Waals surface area contributed by atoms with E-state index in [2.05, 4.69) is 10.2 Å². The third-order valence-corrected chi connectivity index (χ3v) is 5.80. The van der Waals surface area contributed by atoms with Crippen molar-refractivity contribution >= 4 is 23.4 Å². The zero-order valence-corrected chi connectivity index (χ0v) is 19.0. The first kappa shape index (κ1) is 23.1. The van der Waals surface area contributed by atoms with E-state index in [-0.39, 0.29) is 24.6 Å². The predicted molar refractivity (Wildman–Crippen MR) is 130 cm³/mol. The molecule has 0 unspecified atom stereocenters. The third kappa shape index (κ3) is 5.63. The van der Waals surface area contributed by atoms with E-state index in [4.69, 9.17) is 10.2 Å². The number of nitrogens with zero attached hydrogens (tertiary/aromatic N) is 5. The number of carbonyl (C=O) groups excluding carboxylic acids is 1. The second kappa shape index (κ2) is 11.2. The quantitative estimate of drug-likeness (QED) is 0.322. The number of hydrogen-bond donors (Lipinski definition) is 0. The van der Waals surface area contributed by atoms with Crippen molar-refractivity contribution < 1.29 is 9.18 Å². The summed E-state index contributed by atoms with van der Waals surface area (Å²) in [6, 6.07) is 27.0. The van der Waals surface area contributed by atoms with Crippen LogP contribution in [0.15, 0.2) is 90.1 Å². The number of carbonyl (C=O) groups is 1. The Kier molecular flexibility index (Phi) is 7.58. The Bertz CT molecular complexity index is 1290. The van der Waals surface area contributed by atoms with E-state index >= 15 is 0 Å². The van der Waals surface area contributed by atoms with Crippen molar-refractivity contribution in [3.05, 3.63) is 90.7 Å². The topological polar surface area (TPSA) is 82.8 Å². The average molecular weight is 470 g/mol. The maximum atomic E-state index is 13.3. The number of hydrogen-bond acceptors (Lipinski definition) is 6. The van der Waals surface area contributed by atoms with Crippen molar-refractivity contribution in [2.75, 3.05) is 17.2 Å². The molecule has 1 heterocycles. The summed E-state index contributed by atoms with van der Waals surface area (Å²) in [7, 11) is 0. The molecule has 1 amide bonds. The minimum atomic E-state index is -0.391. The number of benzene rings is 3. The van der Waals surface area contributed by atoms with Crippen LogP contribution in [-0.4, -0.2) is 33.4 Å². The van der Waals surface area contributed by atoms with E-state index in [0.29, 0.717) is 22.2 Å². The second-order valence-corrected chi connectivity index (χ2v) is 8.18. The molecule has 0 radical (unpaired) electrons. The summed E-state index contributed by atoms with van der Waals surface area (Å²) in [6.07, 6.45) is 0.162. The van der Waals surface area contributed by atoms with Gasteiger partial charge in [-0.25, -0.2) is 9.37 Å². The summed E-state index contributed by atoms with van der Waals surface area (Å²) in [5.41, 5.74) is 3.66.